The van der Waals surface area contributed by atoms with E-state index in [0.717, 1.165) is 5.75 Å². The molecule has 14 heavy (non-hydrogen) atoms. The Kier molecular flexibility index (Phi) is 5.57. The molecule has 0 aliphatic carbocycles. The van der Waals surface area contributed by atoms with E-state index in [2.05, 4.69) is 37.8 Å². The molecule has 0 unspecified atom stereocenters. The van der Waals surface area contributed by atoms with Crippen molar-refractivity contribution < 1.29 is 0 Å². The van der Waals surface area contributed by atoms with Crippen LogP contribution in [0.2, 0.25) is 0 Å². The van der Waals surface area contributed by atoms with Gasteiger partial charge in [-0.15, -0.1) is 0 Å². The Balaban J connectivity index is 2.28. The number of hydrogen-bond donors (Lipinski definition) is 0. The number of benzene rings is 1. The van der Waals surface area contributed by atoms with Gasteiger partial charge in [0.05, 0.1) is 0 Å². The fraction of sp³-hybridized carbons (Fsp3) is 0.167. The predicted octanol–water partition coefficient (Wildman–Crippen LogP) is 4.58. The fourth-order valence-electron chi connectivity index (χ4n) is 0.913. The van der Waals surface area contributed by atoms with Crippen molar-refractivity contribution in [1.82, 2.24) is 0 Å². The summed E-state index contributed by atoms with van der Waals surface area (Å²) in [5, 5.41) is 2.05. The molecule has 0 aliphatic heterocycles. The smallest absolute Gasteiger partial charge is 0.0291 e. The van der Waals surface area contributed by atoms with Gasteiger partial charge < -0.3 is 0 Å². The van der Waals surface area contributed by atoms with Crippen molar-refractivity contribution >= 4 is 21.6 Å². The average Bonchev–Trinajstić information content (AvgIpc) is 2.21. The molecular formula is C12H14S2. The Bertz CT molecular complexity index is 299. The molecule has 0 saturated heterocycles. The second kappa shape index (κ2) is 6.80. The third-order valence-corrected chi connectivity index (χ3v) is 3.64. The molecular weight excluding hydrogens is 208 g/mol. The van der Waals surface area contributed by atoms with Crippen molar-refractivity contribution in [2.24, 2.45) is 0 Å². The maximum Gasteiger partial charge on any atom is 0.0291 e. The van der Waals surface area contributed by atoms with Gasteiger partial charge in [-0.1, -0.05) is 70.1 Å². The summed E-state index contributed by atoms with van der Waals surface area (Å²) in [5.74, 6) is 1.05. The lowest BCUT2D eigenvalue weighted by Crippen LogP contribution is -1.78. The lowest BCUT2D eigenvalue weighted by Gasteiger charge is -1.99. The van der Waals surface area contributed by atoms with Crippen LogP contribution in [0.15, 0.2) is 48.4 Å². The summed E-state index contributed by atoms with van der Waals surface area (Å²) in [7, 11) is 3.58. The largest absolute Gasteiger partial charge is 0.0990 e. The molecule has 0 saturated carbocycles. The maximum atomic E-state index is 3.62. The second-order valence-corrected chi connectivity index (χ2v) is 5.18. The number of hydrogen-bond acceptors (Lipinski definition) is 2. The van der Waals surface area contributed by atoms with Crippen molar-refractivity contribution in [1.29, 1.82) is 0 Å². The number of allylic oxidation sites excluding steroid dienone is 2. The van der Waals surface area contributed by atoms with Gasteiger partial charge in [-0.2, -0.15) is 0 Å². The third kappa shape index (κ3) is 4.58. The van der Waals surface area contributed by atoms with E-state index < -0.39 is 0 Å². The van der Waals surface area contributed by atoms with E-state index in [4.69, 9.17) is 0 Å². The molecule has 0 atom stereocenters. The molecule has 1 aromatic rings. The van der Waals surface area contributed by atoms with E-state index in [1.165, 1.54) is 11.1 Å². The van der Waals surface area contributed by atoms with Gasteiger partial charge in [0.1, 0.15) is 0 Å². The SMILES string of the molecule is C=C/C=C\SSCc1ccc(C)cc1. The molecule has 0 nitrogen and oxygen atoms in total. The van der Waals surface area contributed by atoms with E-state index in [0.29, 0.717) is 0 Å². The predicted molar refractivity (Wildman–Crippen MR) is 69.4 cm³/mol. The van der Waals surface area contributed by atoms with Crippen LogP contribution in [0.3, 0.4) is 0 Å². The zero-order valence-corrected chi connectivity index (χ0v) is 9.91. The van der Waals surface area contributed by atoms with Crippen LogP contribution in [-0.2, 0) is 5.75 Å². The first-order chi connectivity index (χ1) is 6.83. The minimum Gasteiger partial charge on any atom is -0.0990 e. The minimum absolute atomic E-state index is 1.05. The monoisotopic (exact) mass is 222 g/mol. The van der Waals surface area contributed by atoms with E-state index in [9.17, 15) is 0 Å². The zero-order valence-electron chi connectivity index (χ0n) is 8.27. The first kappa shape index (κ1) is 11.5. The van der Waals surface area contributed by atoms with Gasteiger partial charge in [0.15, 0.2) is 0 Å². The summed E-state index contributed by atoms with van der Waals surface area (Å²) in [5.41, 5.74) is 2.69. The van der Waals surface area contributed by atoms with E-state index in [-0.39, 0.29) is 0 Å². The molecule has 2 heteroatoms. The Morgan fingerprint density at radius 3 is 2.64 bits per heavy atom. The Morgan fingerprint density at radius 2 is 2.00 bits per heavy atom. The molecule has 0 aromatic heterocycles. The summed E-state index contributed by atoms with van der Waals surface area (Å²) in [6.07, 6.45) is 3.74. The first-order valence-corrected chi connectivity index (χ1v) is 6.82. The van der Waals surface area contributed by atoms with E-state index in [1.54, 1.807) is 16.9 Å². The third-order valence-electron chi connectivity index (χ3n) is 1.68. The maximum absolute atomic E-state index is 3.62. The number of aryl methyl sites for hydroxylation is 1. The molecule has 0 N–H and O–H groups in total. The Labute approximate surface area is 93.9 Å². The molecule has 0 radical (unpaired) electrons. The van der Waals surface area contributed by atoms with Gasteiger partial charge in [0, 0.05) is 5.75 Å². The van der Waals surface area contributed by atoms with E-state index >= 15 is 0 Å². The van der Waals surface area contributed by atoms with Crippen LogP contribution < -0.4 is 0 Å². The van der Waals surface area contributed by atoms with Crippen molar-refractivity contribution in [3.05, 3.63) is 59.5 Å². The van der Waals surface area contributed by atoms with Crippen molar-refractivity contribution in [2.75, 3.05) is 0 Å². The molecule has 1 aromatic carbocycles. The summed E-state index contributed by atoms with van der Waals surface area (Å²) >= 11 is 0. The Hall–Kier alpha value is -0.600. The highest BCUT2D eigenvalue weighted by Gasteiger charge is 1.91. The molecule has 0 fully saturated rings. The standard InChI is InChI=1S/C12H14S2/c1-3-4-9-13-14-10-12-7-5-11(2)6-8-12/h3-9H,1,10H2,2H3/b9-4-. The zero-order chi connectivity index (χ0) is 10.2. The van der Waals surface area contributed by atoms with Gasteiger partial charge in [0.2, 0.25) is 0 Å². The van der Waals surface area contributed by atoms with Crippen LogP contribution in [0.1, 0.15) is 11.1 Å². The Morgan fingerprint density at radius 1 is 1.29 bits per heavy atom. The lowest BCUT2D eigenvalue weighted by atomic mass is 10.2. The molecule has 1 rings (SSSR count). The van der Waals surface area contributed by atoms with Gasteiger partial charge >= 0.3 is 0 Å². The number of rotatable bonds is 5. The highest BCUT2D eigenvalue weighted by atomic mass is 33.1. The van der Waals surface area contributed by atoms with Crippen LogP contribution in [0, 0.1) is 6.92 Å². The second-order valence-electron chi connectivity index (χ2n) is 2.91. The van der Waals surface area contributed by atoms with Crippen LogP contribution >= 0.6 is 21.6 Å². The van der Waals surface area contributed by atoms with Gasteiger partial charge in [-0.3, -0.25) is 0 Å². The molecule has 0 spiro atoms. The minimum atomic E-state index is 1.05. The van der Waals surface area contributed by atoms with Gasteiger partial charge in [-0.05, 0) is 17.9 Å². The fourth-order valence-corrected chi connectivity index (χ4v) is 2.60. The quantitative estimate of drug-likeness (QED) is 0.406. The average molecular weight is 222 g/mol. The van der Waals surface area contributed by atoms with Crippen molar-refractivity contribution in [3.63, 3.8) is 0 Å². The molecule has 74 valence electrons. The lowest BCUT2D eigenvalue weighted by molar-refractivity contribution is 1.37. The van der Waals surface area contributed by atoms with E-state index in [1.807, 2.05) is 22.3 Å². The molecule has 0 heterocycles. The highest BCUT2D eigenvalue weighted by molar-refractivity contribution is 8.77. The summed E-state index contributed by atoms with van der Waals surface area (Å²) in [4.78, 5) is 0. The molecule has 0 amide bonds. The highest BCUT2D eigenvalue weighted by Crippen LogP contribution is 2.26. The summed E-state index contributed by atoms with van der Waals surface area (Å²) in [6.45, 7) is 5.73. The van der Waals surface area contributed by atoms with Crippen LogP contribution in [0.25, 0.3) is 0 Å². The molecule has 0 aliphatic rings. The van der Waals surface area contributed by atoms with Crippen LogP contribution in [-0.4, -0.2) is 0 Å². The van der Waals surface area contributed by atoms with Gasteiger partial charge in [-0.25, -0.2) is 0 Å². The van der Waals surface area contributed by atoms with Crippen LogP contribution in [0.4, 0.5) is 0 Å². The molecule has 0 bridgehead atoms. The topological polar surface area (TPSA) is 0 Å². The van der Waals surface area contributed by atoms with Crippen molar-refractivity contribution in [3.8, 4) is 0 Å². The summed E-state index contributed by atoms with van der Waals surface area (Å²) in [6, 6.07) is 8.67. The normalized spacial score (nSPS) is 10.6. The van der Waals surface area contributed by atoms with Crippen LogP contribution in [0.5, 0.6) is 0 Å². The summed E-state index contributed by atoms with van der Waals surface area (Å²) < 4.78 is 0. The first-order valence-electron chi connectivity index (χ1n) is 4.44. The van der Waals surface area contributed by atoms with Crippen molar-refractivity contribution in [2.45, 2.75) is 12.7 Å². The van der Waals surface area contributed by atoms with Gasteiger partial charge in [0.25, 0.3) is 0 Å².